The summed E-state index contributed by atoms with van der Waals surface area (Å²) in [5.74, 6) is 0.677. The van der Waals surface area contributed by atoms with Crippen LogP contribution in [0.5, 0.6) is 0 Å². The molecule has 1 saturated heterocycles. The number of aromatic nitrogens is 2. The van der Waals surface area contributed by atoms with Crippen LogP contribution in [0.2, 0.25) is 0 Å². The third kappa shape index (κ3) is 2.49. The molecule has 2 heterocycles. The first-order chi connectivity index (χ1) is 8.11. The van der Waals surface area contributed by atoms with Gasteiger partial charge in [0.15, 0.2) is 0 Å². The van der Waals surface area contributed by atoms with E-state index in [9.17, 15) is 4.79 Å². The van der Waals surface area contributed by atoms with Crippen molar-refractivity contribution in [3.05, 3.63) is 17.5 Å². The van der Waals surface area contributed by atoms with Gasteiger partial charge in [-0.25, -0.2) is 0 Å². The lowest BCUT2D eigenvalue weighted by molar-refractivity contribution is 0.0786. The largest absolute Gasteiger partial charge is 0.338 e. The summed E-state index contributed by atoms with van der Waals surface area (Å²) in [6, 6.07) is 0. The molecule has 0 aromatic carbocycles. The third-order valence-corrected chi connectivity index (χ3v) is 3.39. The van der Waals surface area contributed by atoms with Crippen molar-refractivity contribution in [1.82, 2.24) is 14.7 Å². The van der Waals surface area contributed by atoms with Crippen LogP contribution in [-0.4, -0.2) is 40.2 Å². The number of rotatable bonds is 3. The van der Waals surface area contributed by atoms with E-state index in [1.54, 1.807) is 10.9 Å². The Kier molecular flexibility index (Phi) is 3.47. The molecule has 94 valence electrons. The van der Waals surface area contributed by atoms with Crippen molar-refractivity contribution < 1.29 is 4.79 Å². The lowest BCUT2D eigenvalue weighted by atomic mass is 10.1. The molecule has 1 aromatic heterocycles. The summed E-state index contributed by atoms with van der Waals surface area (Å²) in [7, 11) is 1.84. The molecular weight excluding hydrogens is 216 g/mol. The van der Waals surface area contributed by atoms with E-state index < -0.39 is 0 Å². The minimum absolute atomic E-state index is 0.107. The standard InChI is InChI=1S/C12H20N4O/c1-9-11(8-15(2)14-9)12(17)16-6-4-10(7-16)3-5-13/h8,10H,3-7,13H2,1-2H3. The molecule has 1 aliphatic rings. The van der Waals surface area contributed by atoms with Crippen molar-refractivity contribution in [2.45, 2.75) is 19.8 Å². The van der Waals surface area contributed by atoms with Crippen molar-refractivity contribution in [3.8, 4) is 0 Å². The summed E-state index contributed by atoms with van der Waals surface area (Å²) < 4.78 is 1.69. The SMILES string of the molecule is Cc1nn(C)cc1C(=O)N1CCC(CCN)C1. The molecule has 1 amide bonds. The van der Waals surface area contributed by atoms with Crippen molar-refractivity contribution in [1.29, 1.82) is 0 Å². The second kappa shape index (κ2) is 4.87. The van der Waals surface area contributed by atoms with Gasteiger partial charge in [0, 0.05) is 26.3 Å². The van der Waals surface area contributed by atoms with Gasteiger partial charge in [-0.05, 0) is 32.2 Å². The van der Waals surface area contributed by atoms with Gasteiger partial charge in [-0.15, -0.1) is 0 Å². The van der Waals surface area contributed by atoms with E-state index in [-0.39, 0.29) is 5.91 Å². The van der Waals surface area contributed by atoms with Crippen LogP contribution >= 0.6 is 0 Å². The first-order valence-electron chi connectivity index (χ1n) is 6.11. The average molecular weight is 236 g/mol. The second-order valence-electron chi connectivity index (χ2n) is 4.79. The monoisotopic (exact) mass is 236 g/mol. The van der Waals surface area contributed by atoms with Gasteiger partial charge in [-0.2, -0.15) is 5.10 Å². The van der Waals surface area contributed by atoms with Crippen molar-refractivity contribution in [3.63, 3.8) is 0 Å². The van der Waals surface area contributed by atoms with E-state index >= 15 is 0 Å². The Morgan fingerprint density at radius 3 is 3.00 bits per heavy atom. The molecule has 5 heteroatoms. The Bertz CT molecular complexity index is 413. The van der Waals surface area contributed by atoms with Crippen LogP contribution in [0.4, 0.5) is 0 Å². The maximum atomic E-state index is 12.3. The molecule has 0 aliphatic carbocycles. The zero-order valence-electron chi connectivity index (χ0n) is 10.5. The number of hydrogen-bond donors (Lipinski definition) is 1. The fourth-order valence-corrected chi connectivity index (χ4v) is 2.47. The average Bonchev–Trinajstić information content (AvgIpc) is 2.85. The predicted molar refractivity (Wildman–Crippen MR) is 65.6 cm³/mol. The molecule has 1 aromatic rings. The van der Waals surface area contributed by atoms with Crippen LogP contribution in [0.1, 0.15) is 28.9 Å². The van der Waals surface area contributed by atoms with E-state index in [1.807, 2.05) is 18.9 Å². The van der Waals surface area contributed by atoms with Gasteiger partial charge in [-0.3, -0.25) is 9.48 Å². The quantitative estimate of drug-likeness (QED) is 0.833. The van der Waals surface area contributed by atoms with E-state index in [1.165, 1.54) is 0 Å². The summed E-state index contributed by atoms with van der Waals surface area (Å²) in [4.78, 5) is 14.2. The highest BCUT2D eigenvalue weighted by molar-refractivity contribution is 5.95. The van der Waals surface area contributed by atoms with Crippen molar-refractivity contribution in [2.24, 2.45) is 18.7 Å². The van der Waals surface area contributed by atoms with Gasteiger partial charge in [0.2, 0.25) is 0 Å². The van der Waals surface area contributed by atoms with Crippen molar-refractivity contribution in [2.75, 3.05) is 19.6 Å². The Labute approximate surface area is 102 Å². The van der Waals surface area contributed by atoms with Gasteiger partial charge in [0.1, 0.15) is 0 Å². The topological polar surface area (TPSA) is 64.2 Å². The molecule has 17 heavy (non-hydrogen) atoms. The minimum Gasteiger partial charge on any atom is -0.338 e. The number of amides is 1. The van der Waals surface area contributed by atoms with Gasteiger partial charge in [0.05, 0.1) is 11.3 Å². The van der Waals surface area contributed by atoms with Gasteiger partial charge in [0.25, 0.3) is 5.91 Å². The van der Waals surface area contributed by atoms with Crippen LogP contribution in [0.25, 0.3) is 0 Å². The lowest BCUT2D eigenvalue weighted by Gasteiger charge is -2.15. The van der Waals surface area contributed by atoms with Crippen LogP contribution < -0.4 is 5.73 Å². The molecule has 0 spiro atoms. The van der Waals surface area contributed by atoms with E-state index in [2.05, 4.69) is 5.10 Å². The summed E-state index contributed by atoms with van der Waals surface area (Å²) in [6.07, 6.45) is 3.88. The molecule has 0 radical (unpaired) electrons. The highest BCUT2D eigenvalue weighted by Gasteiger charge is 2.27. The highest BCUT2D eigenvalue weighted by atomic mass is 16.2. The van der Waals surface area contributed by atoms with E-state index in [0.29, 0.717) is 12.5 Å². The van der Waals surface area contributed by atoms with E-state index in [4.69, 9.17) is 5.73 Å². The summed E-state index contributed by atoms with van der Waals surface area (Å²) in [5.41, 5.74) is 7.08. The molecule has 1 aliphatic heterocycles. The molecule has 5 nitrogen and oxygen atoms in total. The Morgan fingerprint density at radius 2 is 2.41 bits per heavy atom. The number of carbonyl (C=O) groups is 1. The Balaban J connectivity index is 2.04. The normalized spacial score (nSPS) is 19.9. The molecule has 1 fully saturated rings. The number of nitrogens with zero attached hydrogens (tertiary/aromatic N) is 3. The highest BCUT2D eigenvalue weighted by Crippen LogP contribution is 2.21. The third-order valence-electron chi connectivity index (χ3n) is 3.39. The van der Waals surface area contributed by atoms with Crippen LogP contribution in [0.3, 0.4) is 0 Å². The molecular formula is C12H20N4O. The summed E-state index contributed by atoms with van der Waals surface area (Å²) in [6.45, 7) is 4.27. The molecule has 1 atom stereocenters. The molecule has 2 N–H and O–H groups in total. The van der Waals surface area contributed by atoms with Crippen LogP contribution in [0.15, 0.2) is 6.20 Å². The maximum absolute atomic E-state index is 12.3. The van der Waals surface area contributed by atoms with Gasteiger partial charge in [-0.1, -0.05) is 0 Å². The number of carbonyl (C=O) groups excluding carboxylic acids is 1. The molecule has 2 rings (SSSR count). The van der Waals surface area contributed by atoms with E-state index in [0.717, 1.165) is 37.2 Å². The number of hydrogen-bond acceptors (Lipinski definition) is 3. The van der Waals surface area contributed by atoms with Crippen molar-refractivity contribution >= 4 is 5.91 Å². The number of nitrogens with two attached hydrogens (primary N) is 1. The molecule has 0 bridgehead atoms. The first kappa shape index (κ1) is 12.1. The van der Waals surface area contributed by atoms with Gasteiger partial charge < -0.3 is 10.6 Å². The zero-order chi connectivity index (χ0) is 12.4. The fourth-order valence-electron chi connectivity index (χ4n) is 2.47. The Morgan fingerprint density at radius 1 is 1.65 bits per heavy atom. The minimum atomic E-state index is 0.107. The second-order valence-corrected chi connectivity index (χ2v) is 4.79. The maximum Gasteiger partial charge on any atom is 0.257 e. The lowest BCUT2D eigenvalue weighted by Crippen LogP contribution is -2.29. The van der Waals surface area contributed by atoms with Crippen LogP contribution in [-0.2, 0) is 7.05 Å². The first-order valence-corrected chi connectivity index (χ1v) is 6.11. The molecule has 1 unspecified atom stereocenters. The smallest absolute Gasteiger partial charge is 0.257 e. The van der Waals surface area contributed by atoms with Crippen LogP contribution in [0, 0.1) is 12.8 Å². The molecule has 0 saturated carbocycles. The zero-order valence-corrected chi connectivity index (χ0v) is 10.5. The summed E-state index contributed by atoms with van der Waals surface area (Å²) >= 11 is 0. The number of aryl methyl sites for hydroxylation is 2. The predicted octanol–water partition coefficient (Wildman–Crippen LogP) is 0.539. The fraction of sp³-hybridized carbons (Fsp3) is 0.667. The Hall–Kier alpha value is -1.36. The van der Waals surface area contributed by atoms with Gasteiger partial charge >= 0.3 is 0 Å². The number of likely N-dealkylation sites (tertiary alicyclic amines) is 1. The summed E-state index contributed by atoms with van der Waals surface area (Å²) in [5, 5.41) is 4.21.